The van der Waals surface area contributed by atoms with Gasteiger partial charge in [-0.05, 0) is 43.0 Å². The van der Waals surface area contributed by atoms with Crippen LogP contribution in [0.4, 0.5) is 13.2 Å². The van der Waals surface area contributed by atoms with Crippen molar-refractivity contribution >= 4 is 5.91 Å². The molecule has 2 atom stereocenters. The Morgan fingerprint density at radius 3 is 2.74 bits per heavy atom. The molecule has 0 unspecified atom stereocenters. The second-order valence-electron chi connectivity index (χ2n) is 5.77. The first-order chi connectivity index (χ1) is 10.9. The summed E-state index contributed by atoms with van der Waals surface area (Å²) in [7, 11) is 1.31. The lowest BCUT2D eigenvalue weighted by molar-refractivity contribution is -0.138. The lowest BCUT2D eigenvalue weighted by atomic mass is 9.95. The maximum atomic E-state index is 13.1. The van der Waals surface area contributed by atoms with Gasteiger partial charge in [-0.3, -0.25) is 4.79 Å². The van der Waals surface area contributed by atoms with Gasteiger partial charge in [0, 0.05) is 12.5 Å². The van der Waals surface area contributed by atoms with Crippen LogP contribution in [0.5, 0.6) is 5.75 Å². The maximum Gasteiger partial charge on any atom is 0.416 e. The van der Waals surface area contributed by atoms with Crippen LogP contribution in [0.1, 0.15) is 30.4 Å². The fraction of sp³-hybridized carbons (Fsp3) is 0.562. The smallest absolute Gasteiger partial charge is 0.416 e. The zero-order valence-electron chi connectivity index (χ0n) is 13.0. The summed E-state index contributed by atoms with van der Waals surface area (Å²) in [6.45, 7) is 0.264. The molecule has 1 aliphatic carbocycles. The molecule has 23 heavy (non-hydrogen) atoms. The van der Waals surface area contributed by atoms with Gasteiger partial charge in [0.05, 0.1) is 12.7 Å². The Morgan fingerprint density at radius 2 is 2.13 bits per heavy atom. The van der Waals surface area contributed by atoms with E-state index in [1.807, 2.05) is 0 Å². The first-order valence-corrected chi connectivity index (χ1v) is 7.58. The number of hydrogen-bond acceptors (Lipinski definition) is 3. The van der Waals surface area contributed by atoms with Crippen LogP contribution in [0.15, 0.2) is 18.2 Å². The van der Waals surface area contributed by atoms with E-state index in [9.17, 15) is 18.0 Å². The summed E-state index contributed by atoms with van der Waals surface area (Å²) in [5, 5.41) is 2.62. The van der Waals surface area contributed by atoms with Gasteiger partial charge in [0.25, 0.3) is 0 Å². The highest BCUT2D eigenvalue weighted by Crippen LogP contribution is 2.35. The number of alkyl halides is 3. The SMILES string of the molecule is COc1ccc(CNC(=O)[C@@H]2CCC[C@@H]2CN)c(C(F)(F)F)c1. The molecule has 0 saturated heterocycles. The third-order valence-electron chi connectivity index (χ3n) is 4.37. The molecular formula is C16H21F3N2O2. The van der Waals surface area contributed by atoms with E-state index >= 15 is 0 Å². The third kappa shape index (κ3) is 4.16. The average molecular weight is 330 g/mol. The summed E-state index contributed by atoms with van der Waals surface area (Å²) >= 11 is 0. The normalized spacial score (nSPS) is 21.3. The molecule has 1 aliphatic rings. The van der Waals surface area contributed by atoms with Crippen LogP contribution in [0.2, 0.25) is 0 Å². The average Bonchev–Trinajstić information content (AvgIpc) is 3.00. The first-order valence-electron chi connectivity index (χ1n) is 7.58. The molecule has 1 aromatic carbocycles. The Labute approximate surface area is 133 Å². The van der Waals surface area contributed by atoms with E-state index in [1.54, 1.807) is 0 Å². The molecule has 7 heteroatoms. The second-order valence-corrected chi connectivity index (χ2v) is 5.77. The largest absolute Gasteiger partial charge is 0.497 e. The monoisotopic (exact) mass is 330 g/mol. The lowest BCUT2D eigenvalue weighted by Gasteiger charge is -2.19. The van der Waals surface area contributed by atoms with Gasteiger partial charge in [0.1, 0.15) is 5.75 Å². The van der Waals surface area contributed by atoms with Crippen LogP contribution >= 0.6 is 0 Å². The molecule has 0 aromatic heterocycles. The molecule has 1 fully saturated rings. The van der Waals surface area contributed by atoms with Gasteiger partial charge in [-0.2, -0.15) is 13.2 Å². The minimum atomic E-state index is -4.50. The molecule has 128 valence electrons. The number of nitrogens with two attached hydrogens (primary N) is 1. The number of methoxy groups -OCH3 is 1. The molecule has 1 saturated carbocycles. The van der Waals surface area contributed by atoms with E-state index in [4.69, 9.17) is 10.5 Å². The van der Waals surface area contributed by atoms with Gasteiger partial charge in [0.15, 0.2) is 0 Å². The number of amides is 1. The zero-order valence-corrected chi connectivity index (χ0v) is 13.0. The number of rotatable bonds is 5. The highest BCUT2D eigenvalue weighted by Gasteiger charge is 2.35. The molecule has 0 heterocycles. The minimum absolute atomic E-state index is 0.0222. The zero-order chi connectivity index (χ0) is 17.0. The van der Waals surface area contributed by atoms with Crippen molar-refractivity contribution in [1.29, 1.82) is 0 Å². The van der Waals surface area contributed by atoms with Crippen molar-refractivity contribution in [2.45, 2.75) is 32.0 Å². The second kappa shape index (κ2) is 7.21. The lowest BCUT2D eigenvalue weighted by Crippen LogP contribution is -2.35. The summed E-state index contributed by atoms with van der Waals surface area (Å²) in [5.41, 5.74) is 4.87. The van der Waals surface area contributed by atoms with Crippen LogP contribution in [0, 0.1) is 11.8 Å². The van der Waals surface area contributed by atoms with E-state index in [0.717, 1.165) is 25.3 Å². The van der Waals surface area contributed by atoms with E-state index in [0.29, 0.717) is 6.54 Å². The molecule has 0 spiro atoms. The Kier molecular flexibility index (Phi) is 5.51. The fourth-order valence-corrected chi connectivity index (χ4v) is 3.08. The van der Waals surface area contributed by atoms with Crippen molar-refractivity contribution in [3.8, 4) is 5.75 Å². The Bertz CT molecular complexity index is 561. The Morgan fingerprint density at radius 1 is 1.39 bits per heavy atom. The topological polar surface area (TPSA) is 64.3 Å². The number of ether oxygens (including phenoxy) is 1. The predicted molar refractivity (Wildman–Crippen MR) is 79.7 cm³/mol. The van der Waals surface area contributed by atoms with Crippen molar-refractivity contribution in [3.63, 3.8) is 0 Å². The third-order valence-corrected chi connectivity index (χ3v) is 4.37. The Hall–Kier alpha value is -1.76. The molecule has 2 rings (SSSR count). The number of benzene rings is 1. The fourth-order valence-electron chi connectivity index (χ4n) is 3.08. The summed E-state index contributed by atoms with van der Waals surface area (Å²) in [5.74, 6) is -0.172. The number of nitrogens with one attached hydrogen (secondary N) is 1. The van der Waals surface area contributed by atoms with Crippen molar-refractivity contribution in [2.24, 2.45) is 17.6 Å². The summed E-state index contributed by atoms with van der Waals surface area (Å²) in [6.07, 6.45) is -1.94. The van der Waals surface area contributed by atoms with Gasteiger partial charge in [-0.15, -0.1) is 0 Å². The summed E-state index contributed by atoms with van der Waals surface area (Å²) in [6, 6.07) is 3.73. The molecule has 3 N–H and O–H groups in total. The van der Waals surface area contributed by atoms with Crippen LogP contribution in [-0.2, 0) is 17.5 Å². The van der Waals surface area contributed by atoms with Crippen LogP contribution in [0.25, 0.3) is 0 Å². The molecule has 1 amide bonds. The van der Waals surface area contributed by atoms with Crippen molar-refractivity contribution < 1.29 is 22.7 Å². The van der Waals surface area contributed by atoms with Gasteiger partial charge >= 0.3 is 6.18 Å². The standard InChI is InChI=1S/C16H21F3N2O2/c1-23-12-6-5-11(14(7-12)16(17,18)19)9-21-15(22)13-4-2-3-10(13)8-20/h5-7,10,13H,2-4,8-9,20H2,1H3,(H,21,22)/t10-,13-/m1/s1. The van der Waals surface area contributed by atoms with E-state index in [1.165, 1.54) is 19.2 Å². The van der Waals surface area contributed by atoms with Gasteiger partial charge < -0.3 is 15.8 Å². The highest BCUT2D eigenvalue weighted by atomic mass is 19.4. The van der Waals surface area contributed by atoms with Crippen molar-refractivity contribution in [2.75, 3.05) is 13.7 Å². The van der Waals surface area contributed by atoms with Crippen molar-refractivity contribution in [3.05, 3.63) is 29.3 Å². The number of hydrogen-bond donors (Lipinski definition) is 2. The van der Waals surface area contributed by atoms with Crippen LogP contribution in [-0.4, -0.2) is 19.6 Å². The van der Waals surface area contributed by atoms with Crippen molar-refractivity contribution in [1.82, 2.24) is 5.32 Å². The number of halogens is 3. The molecular weight excluding hydrogens is 309 g/mol. The first kappa shape index (κ1) is 17.6. The molecule has 0 radical (unpaired) electrons. The van der Waals surface area contributed by atoms with E-state index < -0.39 is 11.7 Å². The summed E-state index contributed by atoms with van der Waals surface area (Å²) in [4.78, 5) is 12.2. The Balaban J connectivity index is 2.09. The maximum absolute atomic E-state index is 13.1. The van der Waals surface area contributed by atoms with Gasteiger partial charge in [0.2, 0.25) is 5.91 Å². The van der Waals surface area contributed by atoms with Crippen LogP contribution < -0.4 is 15.8 Å². The minimum Gasteiger partial charge on any atom is -0.497 e. The van der Waals surface area contributed by atoms with Crippen LogP contribution in [0.3, 0.4) is 0 Å². The predicted octanol–water partition coefficient (Wildman–Crippen LogP) is 2.71. The number of carbonyl (C=O) groups excluding carboxylic acids is 1. The van der Waals surface area contributed by atoms with Gasteiger partial charge in [-0.25, -0.2) is 0 Å². The van der Waals surface area contributed by atoms with E-state index in [-0.39, 0.29) is 35.6 Å². The van der Waals surface area contributed by atoms with E-state index in [2.05, 4.69) is 5.32 Å². The quantitative estimate of drug-likeness (QED) is 0.872. The molecule has 4 nitrogen and oxygen atoms in total. The van der Waals surface area contributed by atoms with Gasteiger partial charge in [-0.1, -0.05) is 12.5 Å². The molecule has 0 bridgehead atoms. The molecule has 0 aliphatic heterocycles. The number of carbonyl (C=O) groups is 1. The molecule has 1 aromatic rings. The highest BCUT2D eigenvalue weighted by molar-refractivity contribution is 5.79. The summed E-state index contributed by atoms with van der Waals surface area (Å²) < 4.78 is 44.2.